The second-order valence-corrected chi connectivity index (χ2v) is 13.7. The maximum absolute atomic E-state index is 12.2. The smallest absolute Gasteiger partial charge is 0.320 e. The van der Waals surface area contributed by atoms with Gasteiger partial charge in [-0.2, -0.15) is 0 Å². The van der Waals surface area contributed by atoms with E-state index in [1.807, 2.05) is 11.3 Å². The van der Waals surface area contributed by atoms with Crippen LogP contribution in [0.5, 0.6) is 0 Å². The van der Waals surface area contributed by atoms with E-state index in [9.17, 15) is 9.59 Å². The van der Waals surface area contributed by atoms with Crippen LogP contribution in [-0.4, -0.2) is 30.1 Å². The monoisotopic (exact) mass is 553 g/mol. The van der Waals surface area contributed by atoms with Crippen LogP contribution >= 0.6 is 11.3 Å². The number of rotatable bonds is 10. The van der Waals surface area contributed by atoms with E-state index in [0.29, 0.717) is 18.3 Å². The number of thiazole rings is 1. The van der Waals surface area contributed by atoms with Gasteiger partial charge < -0.3 is 9.47 Å². The van der Waals surface area contributed by atoms with Gasteiger partial charge in [0.2, 0.25) is 0 Å². The van der Waals surface area contributed by atoms with Crippen LogP contribution < -0.4 is 0 Å². The first-order chi connectivity index (χ1) is 18.6. The third-order valence-corrected chi connectivity index (χ3v) is 10.1. The van der Waals surface area contributed by atoms with Crippen LogP contribution in [0.25, 0.3) is 11.3 Å². The molecule has 0 saturated heterocycles. The number of nitrogens with zero attached hydrogens (tertiary/aromatic N) is 1. The van der Waals surface area contributed by atoms with E-state index in [-0.39, 0.29) is 24.0 Å². The Hall–Kier alpha value is -2.21. The minimum Gasteiger partial charge on any atom is -0.465 e. The molecule has 1 fully saturated rings. The Morgan fingerprint density at radius 2 is 1.56 bits per heavy atom. The molecule has 4 rings (SSSR count). The van der Waals surface area contributed by atoms with Gasteiger partial charge in [0.1, 0.15) is 0 Å². The molecule has 0 unspecified atom stereocenters. The van der Waals surface area contributed by atoms with E-state index in [1.165, 1.54) is 47.4 Å². The van der Waals surface area contributed by atoms with E-state index < -0.39 is 17.9 Å². The van der Waals surface area contributed by atoms with Crippen molar-refractivity contribution >= 4 is 23.3 Å². The van der Waals surface area contributed by atoms with Crippen LogP contribution in [0.1, 0.15) is 121 Å². The average molecular weight is 554 g/mol. The number of ether oxygens (including phenoxy) is 2. The molecule has 0 aliphatic heterocycles. The van der Waals surface area contributed by atoms with E-state index in [4.69, 9.17) is 14.5 Å². The first-order valence-corrected chi connectivity index (χ1v) is 15.9. The number of hydrogen-bond donors (Lipinski definition) is 0. The van der Waals surface area contributed by atoms with Gasteiger partial charge in [-0.25, -0.2) is 4.98 Å². The van der Waals surface area contributed by atoms with Gasteiger partial charge in [-0.1, -0.05) is 52.7 Å². The van der Waals surface area contributed by atoms with Gasteiger partial charge in [0.15, 0.2) is 5.92 Å². The Kier molecular flexibility index (Phi) is 9.57. The standard InChI is InChI=1S/C33H47NO4S/c1-7-37-30(35)25(31(36)38-8-2)11-9-10-22-12-14-23(15-13-22)29-34-28(21-39-29)24-16-17-26-27(20-24)33(5,6)19-18-32(26,3)4/h16-17,20-23,25H,7-15,18-19H2,1-6H3. The molecule has 1 aromatic heterocycles. The van der Waals surface area contributed by atoms with Gasteiger partial charge in [0.05, 0.1) is 23.9 Å². The fourth-order valence-corrected chi connectivity index (χ4v) is 7.48. The number of esters is 2. The molecule has 2 aliphatic rings. The van der Waals surface area contributed by atoms with Crippen LogP contribution in [0, 0.1) is 11.8 Å². The summed E-state index contributed by atoms with van der Waals surface area (Å²) in [7, 11) is 0. The van der Waals surface area contributed by atoms with Crippen molar-refractivity contribution in [3.63, 3.8) is 0 Å². The minimum absolute atomic E-state index is 0.199. The molecule has 1 saturated carbocycles. The van der Waals surface area contributed by atoms with Gasteiger partial charge in [-0.3, -0.25) is 9.59 Å². The third-order valence-electron chi connectivity index (χ3n) is 9.11. The van der Waals surface area contributed by atoms with E-state index >= 15 is 0 Å². The summed E-state index contributed by atoms with van der Waals surface area (Å²) in [6.07, 6.45) is 9.47. The highest BCUT2D eigenvalue weighted by Gasteiger charge is 2.37. The molecule has 39 heavy (non-hydrogen) atoms. The molecule has 0 amide bonds. The van der Waals surface area contributed by atoms with Crippen molar-refractivity contribution in [2.24, 2.45) is 11.8 Å². The van der Waals surface area contributed by atoms with Crippen LogP contribution in [-0.2, 0) is 29.9 Å². The van der Waals surface area contributed by atoms with Crippen molar-refractivity contribution in [3.05, 3.63) is 39.7 Å². The summed E-state index contributed by atoms with van der Waals surface area (Å²) >= 11 is 1.81. The Bertz CT molecular complexity index is 1120. The molecule has 0 N–H and O–H groups in total. The van der Waals surface area contributed by atoms with Crippen LogP contribution in [0.2, 0.25) is 0 Å². The zero-order chi connectivity index (χ0) is 28.2. The normalized spacial score (nSPS) is 21.8. The molecule has 0 bridgehead atoms. The molecular formula is C33H47NO4S. The lowest BCUT2D eigenvalue weighted by Crippen LogP contribution is -2.33. The summed E-state index contributed by atoms with van der Waals surface area (Å²) in [6, 6.07) is 7.04. The van der Waals surface area contributed by atoms with Crippen molar-refractivity contribution in [1.82, 2.24) is 4.98 Å². The largest absolute Gasteiger partial charge is 0.465 e. The molecule has 6 heteroatoms. The van der Waals surface area contributed by atoms with Crippen LogP contribution in [0.15, 0.2) is 23.6 Å². The zero-order valence-electron chi connectivity index (χ0n) is 24.8. The third kappa shape index (κ3) is 6.93. The molecule has 1 heterocycles. The van der Waals surface area contributed by atoms with Crippen molar-refractivity contribution in [2.45, 2.75) is 116 Å². The lowest BCUT2D eigenvalue weighted by atomic mass is 9.63. The highest BCUT2D eigenvalue weighted by Crippen LogP contribution is 2.47. The van der Waals surface area contributed by atoms with Crippen molar-refractivity contribution in [2.75, 3.05) is 13.2 Å². The maximum Gasteiger partial charge on any atom is 0.320 e. The molecular weight excluding hydrogens is 506 g/mol. The minimum atomic E-state index is -0.796. The Balaban J connectivity index is 1.32. The second kappa shape index (κ2) is 12.5. The van der Waals surface area contributed by atoms with Crippen LogP contribution in [0.4, 0.5) is 0 Å². The average Bonchev–Trinajstić information content (AvgIpc) is 3.40. The number of fused-ring (bicyclic) bond motifs is 1. The Morgan fingerprint density at radius 3 is 2.18 bits per heavy atom. The van der Waals surface area contributed by atoms with Gasteiger partial charge >= 0.3 is 11.9 Å². The summed E-state index contributed by atoms with van der Waals surface area (Å²) in [5.74, 6) is -0.539. The van der Waals surface area contributed by atoms with Crippen LogP contribution in [0.3, 0.4) is 0 Å². The lowest BCUT2D eigenvalue weighted by molar-refractivity contribution is -0.162. The van der Waals surface area contributed by atoms with Crippen molar-refractivity contribution in [1.29, 1.82) is 0 Å². The summed E-state index contributed by atoms with van der Waals surface area (Å²) < 4.78 is 10.2. The number of aromatic nitrogens is 1. The SMILES string of the molecule is CCOC(=O)C(CCCC1CCC(c2nc(-c3ccc4c(c3)C(C)(C)CCC4(C)C)cs2)CC1)C(=O)OCC. The summed E-state index contributed by atoms with van der Waals surface area (Å²) in [6.45, 7) is 13.6. The van der Waals surface area contributed by atoms with Crippen molar-refractivity contribution in [3.8, 4) is 11.3 Å². The van der Waals surface area contributed by atoms with Gasteiger partial charge in [0.25, 0.3) is 0 Å². The number of benzene rings is 1. The van der Waals surface area contributed by atoms with Crippen molar-refractivity contribution < 1.29 is 19.1 Å². The molecule has 0 spiro atoms. The second-order valence-electron chi connectivity index (χ2n) is 12.8. The number of carbonyl (C=O) groups excluding carboxylic acids is 2. The maximum atomic E-state index is 12.2. The van der Waals surface area contributed by atoms with E-state index in [1.54, 1.807) is 13.8 Å². The molecule has 2 aliphatic carbocycles. The predicted octanol–water partition coefficient (Wildman–Crippen LogP) is 8.35. The van der Waals surface area contributed by atoms with Gasteiger partial charge in [-0.05, 0) is 92.7 Å². The first kappa shape index (κ1) is 29.8. The summed E-state index contributed by atoms with van der Waals surface area (Å²) in [5, 5.41) is 3.51. The topological polar surface area (TPSA) is 65.5 Å². The lowest BCUT2D eigenvalue weighted by Gasteiger charge is -2.42. The zero-order valence-corrected chi connectivity index (χ0v) is 25.6. The molecule has 0 radical (unpaired) electrons. The molecule has 2 aromatic rings. The highest BCUT2D eigenvalue weighted by atomic mass is 32.1. The molecule has 214 valence electrons. The number of hydrogen-bond acceptors (Lipinski definition) is 6. The summed E-state index contributed by atoms with van der Waals surface area (Å²) in [4.78, 5) is 29.6. The fourth-order valence-electron chi connectivity index (χ4n) is 6.48. The predicted molar refractivity (Wildman–Crippen MR) is 158 cm³/mol. The molecule has 1 aromatic carbocycles. The highest BCUT2D eigenvalue weighted by molar-refractivity contribution is 7.10. The van der Waals surface area contributed by atoms with Gasteiger partial charge in [-0.15, -0.1) is 11.3 Å². The van der Waals surface area contributed by atoms with Gasteiger partial charge in [0, 0.05) is 16.9 Å². The molecule has 5 nitrogen and oxygen atoms in total. The fraction of sp³-hybridized carbons (Fsp3) is 0.667. The number of carbonyl (C=O) groups is 2. The quantitative estimate of drug-likeness (QED) is 0.218. The van der Waals surface area contributed by atoms with E-state index in [0.717, 1.165) is 31.4 Å². The molecule has 0 atom stereocenters. The summed E-state index contributed by atoms with van der Waals surface area (Å²) in [5.41, 5.74) is 5.77. The first-order valence-electron chi connectivity index (χ1n) is 15.0. The Morgan fingerprint density at radius 1 is 0.949 bits per heavy atom. The Labute approximate surface area is 239 Å². The van der Waals surface area contributed by atoms with E-state index in [2.05, 4.69) is 51.3 Å².